The predicted molar refractivity (Wildman–Crippen MR) is 74.5 cm³/mol. The number of carbonyl (C=O) groups is 1. The molecule has 2 rings (SSSR count). The van der Waals surface area contributed by atoms with Gasteiger partial charge in [-0.3, -0.25) is 0 Å². The van der Waals surface area contributed by atoms with Crippen LogP contribution in [0.25, 0.3) is 11.4 Å². The minimum absolute atomic E-state index is 0.0358. The molecule has 0 aliphatic heterocycles. The number of halogens is 1. The van der Waals surface area contributed by atoms with Gasteiger partial charge in [0.15, 0.2) is 5.82 Å². The minimum atomic E-state index is -0.704. The van der Waals surface area contributed by atoms with Crippen molar-refractivity contribution in [1.29, 1.82) is 0 Å². The number of carbonyl (C=O) groups excluding carboxylic acids is 1. The van der Waals surface area contributed by atoms with Crippen molar-refractivity contribution in [2.45, 2.75) is 20.8 Å². The van der Waals surface area contributed by atoms with Crippen LogP contribution in [-0.2, 0) is 4.74 Å². The third kappa shape index (κ3) is 2.84. The van der Waals surface area contributed by atoms with Gasteiger partial charge in [0.2, 0.25) is 5.88 Å². The Morgan fingerprint density at radius 2 is 2.05 bits per heavy atom. The number of ether oxygens (including phenoxy) is 1. The number of aromatic hydroxyl groups is 1. The number of aryl methyl sites for hydroxylation is 2. The van der Waals surface area contributed by atoms with Crippen LogP contribution < -0.4 is 0 Å². The van der Waals surface area contributed by atoms with Crippen molar-refractivity contribution in [3.8, 4) is 17.3 Å². The fraction of sp³-hybridized carbons (Fsp3) is 0.267. The van der Waals surface area contributed by atoms with Gasteiger partial charge in [0.05, 0.1) is 17.9 Å². The van der Waals surface area contributed by atoms with Crippen molar-refractivity contribution in [2.75, 3.05) is 6.61 Å². The van der Waals surface area contributed by atoms with Crippen LogP contribution in [0.3, 0.4) is 0 Å². The molecule has 0 spiro atoms. The maximum atomic E-state index is 13.9. The number of hydrogen-bond acceptors (Lipinski definition) is 5. The van der Waals surface area contributed by atoms with Crippen LogP contribution in [-0.4, -0.2) is 27.7 Å². The fourth-order valence-corrected chi connectivity index (χ4v) is 2.03. The van der Waals surface area contributed by atoms with E-state index in [1.807, 2.05) is 0 Å². The van der Waals surface area contributed by atoms with Gasteiger partial charge < -0.3 is 9.84 Å². The van der Waals surface area contributed by atoms with Crippen molar-refractivity contribution in [2.24, 2.45) is 0 Å². The lowest BCUT2D eigenvalue weighted by Crippen LogP contribution is -2.10. The quantitative estimate of drug-likeness (QED) is 0.880. The first-order valence-electron chi connectivity index (χ1n) is 6.46. The molecule has 0 radical (unpaired) electrons. The Morgan fingerprint density at radius 1 is 1.33 bits per heavy atom. The molecule has 0 saturated heterocycles. The molecule has 0 atom stereocenters. The Kier molecular flexibility index (Phi) is 4.16. The second-order valence-corrected chi connectivity index (χ2v) is 4.48. The van der Waals surface area contributed by atoms with Gasteiger partial charge in [0, 0.05) is 0 Å². The average Bonchev–Trinajstić information content (AvgIpc) is 2.38. The number of aromatic nitrogens is 2. The minimum Gasteiger partial charge on any atom is -0.493 e. The van der Waals surface area contributed by atoms with Gasteiger partial charge in [-0.05, 0) is 32.4 Å². The normalized spacial score (nSPS) is 10.5. The molecule has 0 fully saturated rings. The summed E-state index contributed by atoms with van der Waals surface area (Å²) in [5.41, 5.74) is 0.970. The standard InChI is InChI=1S/C15H15FN2O3/c1-4-21-15(20)12-9(3)17-13(18-14(12)19)11-8(2)6-5-7-10(11)16/h5-7H,4H2,1-3H3,(H,17,18,19). The highest BCUT2D eigenvalue weighted by Gasteiger charge is 2.21. The lowest BCUT2D eigenvalue weighted by atomic mass is 10.1. The Balaban J connectivity index is 2.57. The Morgan fingerprint density at radius 3 is 2.62 bits per heavy atom. The summed E-state index contributed by atoms with van der Waals surface area (Å²) in [5, 5.41) is 9.94. The third-order valence-electron chi connectivity index (χ3n) is 3.00. The number of hydrogen-bond donors (Lipinski definition) is 1. The van der Waals surface area contributed by atoms with E-state index in [9.17, 15) is 14.3 Å². The first-order valence-corrected chi connectivity index (χ1v) is 6.46. The number of nitrogens with zero attached hydrogens (tertiary/aromatic N) is 2. The van der Waals surface area contributed by atoms with E-state index < -0.39 is 17.7 Å². The van der Waals surface area contributed by atoms with Crippen molar-refractivity contribution < 1.29 is 19.0 Å². The topological polar surface area (TPSA) is 72.3 Å². The maximum Gasteiger partial charge on any atom is 0.345 e. The first kappa shape index (κ1) is 14.9. The molecule has 0 amide bonds. The van der Waals surface area contributed by atoms with Gasteiger partial charge in [-0.2, -0.15) is 4.98 Å². The van der Waals surface area contributed by atoms with E-state index in [2.05, 4.69) is 9.97 Å². The molecule has 2 aromatic rings. The molecule has 0 bridgehead atoms. The van der Waals surface area contributed by atoms with E-state index >= 15 is 0 Å². The number of esters is 1. The molecular formula is C15H15FN2O3. The molecule has 0 aliphatic rings. The Bertz CT molecular complexity index is 658. The molecule has 1 heterocycles. The summed E-state index contributed by atoms with van der Waals surface area (Å²) < 4.78 is 18.8. The Labute approximate surface area is 121 Å². The van der Waals surface area contributed by atoms with Gasteiger partial charge >= 0.3 is 5.97 Å². The van der Waals surface area contributed by atoms with Crippen LogP contribution >= 0.6 is 0 Å². The zero-order valence-electron chi connectivity index (χ0n) is 12.0. The molecule has 0 unspecified atom stereocenters. The van der Waals surface area contributed by atoms with Gasteiger partial charge in [0.25, 0.3) is 0 Å². The maximum absolute atomic E-state index is 13.9. The summed E-state index contributed by atoms with van der Waals surface area (Å²) in [6.45, 7) is 5.08. The molecule has 110 valence electrons. The lowest BCUT2D eigenvalue weighted by Gasteiger charge is -2.10. The van der Waals surface area contributed by atoms with Crippen LogP contribution in [0.15, 0.2) is 18.2 Å². The molecule has 0 saturated carbocycles. The average molecular weight is 290 g/mol. The SMILES string of the molecule is CCOC(=O)c1c(C)nc(-c2c(C)cccc2F)nc1O. The van der Waals surface area contributed by atoms with E-state index in [1.165, 1.54) is 13.0 Å². The van der Waals surface area contributed by atoms with Crippen molar-refractivity contribution in [3.63, 3.8) is 0 Å². The monoisotopic (exact) mass is 290 g/mol. The molecule has 1 aromatic carbocycles. The van der Waals surface area contributed by atoms with Gasteiger partial charge in [-0.15, -0.1) is 0 Å². The second-order valence-electron chi connectivity index (χ2n) is 4.48. The number of benzene rings is 1. The molecule has 5 nitrogen and oxygen atoms in total. The van der Waals surface area contributed by atoms with Crippen LogP contribution in [0.5, 0.6) is 5.88 Å². The highest BCUT2D eigenvalue weighted by atomic mass is 19.1. The summed E-state index contributed by atoms with van der Waals surface area (Å²) in [7, 11) is 0. The smallest absolute Gasteiger partial charge is 0.345 e. The summed E-state index contributed by atoms with van der Waals surface area (Å²) in [6, 6.07) is 4.58. The largest absolute Gasteiger partial charge is 0.493 e. The van der Waals surface area contributed by atoms with Crippen LogP contribution in [0.2, 0.25) is 0 Å². The highest BCUT2D eigenvalue weighted by molar-refractivity contribution is 5.93. The molecular weight excluding hydrogens is 275 g/mol. The van der Waals surface area contributed by atoms with E-state index in [1.54, 1.807) is 26.0 Å². The van der Waals surface area contributed by atoms with E-state index in [0.717, 1.165) is 0 Å². The van der Waals surface area contributed by atoms with E-state index in [0.29, 0.717) is 5.56 Å². The third-order valence-corrected chi connectivity index (χ3v) is 3.00. The van der Waals surface area contributed by atoms with Crippen molar-refractivity contribution in [3.05, 3.63) is 40.8 Å². The summed E-state index contributed by atoms with van der Waals surface area (Å²) in [6.07, 6.45) is 0. The second kappa shape index (κ2) is 5.87. The first-order chi connectivity index (χ1) is 9.95. The van der Waals surface area contributed by atoms with Gasteiger partial charge in [-0.1, -0.05) is 12.1 Å². The summed E-state index contributed by atoms with van der Waals surface area (Å²) in [5.74, 6) is -1.67. The molecule has 6 heteroatoms. The van der Waals surface area contributed by atoms with Crippen LogP contribution in [0.1, 0.15) is 28.5 Å². The summed E-state index contributed by atoms with van der Waals surface area (Å²) in [4.78, 5) is 19.7. The van der Waals surface area contributed by atoms with Crippen molar-refractivity contribution >= 4 is 5.97 Å². The fourth-order valence-electron chi connectivity index (χ4n) is 2.03. The van der Waals surface area contributed by atoms with Crippen LogP contribution in [0, 0.1) is 19.7 Å². The van der Waals surface area contributed by atoms with Gasteiger partial charge in [0.1, 0.15) is 11.4 Å². The van der Waals surface area contributed by atoms with E-state index in [-0.39, 0.29) is 29.3 Å². The molecule has 1 N–H and O–H groups in total. The zero-order chi connectivity index (χ0) is 15.6. The number of rotatable bonds is 3. The van der Waals surface area contributed by atoms with Crippen LogP contribution in [0.4, 0.5) is 4.39 Å². The Hall–Kier alpha value is -2.50. The van der Waals surface area contributed by atoms with Gasteiger partial charge in [-0.25, -0.2) is 14.2 Å². The summed E-state index contributed by atoms with van der Waals surface area (Å²) >= 11 is 0. The molecule has 0 aliphatic carbocycles. The molecule has 1 aromatic heterocycles. The predicted octanol–water partition coefficient (Wildman–Crippen LogP) is 2.78. The van der Waals surface area contributed by atoms with E-state index in [4.69, 9.17) is 4.74 Å². The van der Waals surface area contributed by atoms with Crippen molar-refractivity contribution in [1.82, 2.24) is 9.97 Å². The zero-order valence-corrected chi connectivity index (χ0v) is 12.0. The molecule has 21 heavy (non-hydrogen) atoms. The highest BCUT2D eigenvalue weighted by Crippen LogP contribution is 2.27. The lowest BCUT2D eigenvalue weighted by molar-refractivity contribution is 0.0520.